The van der Waals surface area contributed by atoms with Gasteiger partial charge in [-0.25, -0.2) is 0 Å². The number of hydrogen-bond donors (Lipinski definition) is 1. The van der Waals surface area contributed by atoms with E-state index >= 15 is 0 Å². The zero-order chi connectivity index (χ0) is 10.6. The molecule has 0 aromatic heterocycles. The van der Waals surface area contributed by atoms with Gasteiger partial charge in [0.2, 0.25) is 5.91 Å². The summed E-state index contributed by atoms with van der Waals surface area (Å²) in [5, 5.41) is 3.13. The number of nitrogens with one attached hydrogen (secondary N) is 1. The summed E-state index contributed by atoms with van der Waals surface area (Å²) in [6.07, 6.45) is 2.47. The Kier molecular flexibility index (Phi) is 4.35. The second kappa shape index (κ2) is 5.32. The van der Waals surface area contributed by atoms with E-state index in [1.807, 2.05) is 11.8 Å². The molecule has 0 radical (unpaired) electrons. The fourth-order valence-electron chi connectivity index (χ4n) is 1.69. The van der Waals surface area contributed by atoms with Crippen molar-refractivity contribution >= 4 is 5.91 Å². The number of amides is 1. The summed E-state index contributed by atoms with van der Waals surface area (Å²) in [5.41, 5.74) is 0. The molecule has 1 atom stereocenters. The summed E-state index contributed by atoms with van der Waals surface area (Å²) in [6.45, 7) is 4.54. The van der Waals surface area contributed by atoms with Crippen molar-refractivity contribution in [3.05, 3.63) is 0 Å². The van der Waals surface area contributed by atoms with Gasteiger partial charge in [0.1, 0.15) is 0 Å². The molecule has 4 nitrogen and oxygen atoms in total. The van der Waals surface area contributed by atoms with Crippen molar-refractivity contribution in [2.24, 2.45) is 0 Å². The third-order valence-electron chi connectivity index (χ3n) is 2.59. The van der Waals surface area contributed by atoms with E-state index in [1.54, 1.807) is 0 Å². The average molecular weight is 199 g/mol. The molecule has 0 spiro atoms. The topological polar surface area (TPSA) is 35.6 Å². The van der Waals surface area contributed by atoms with E-state index in [0.29, 0.717) is 6.54 Å². The first-order valence-corrected chi connectivity index (χ1v) is 5.29. The Morgan fingerprint density at radius 3 is 2.71 bits per heavy atom. The number of unbranched alkanes of at least 4 members (excludes halogenated alkanes) is 1. The van der Waals surface area contributed by atoms with Gasteiger partial charge in [-0.2, -0.15) is 0 Å². The largest absolute Gasteiger partial charge is 0.326 e. The molecule has 4 heteroatoms. The van der Waals surface area contributed by atoms with Crippen molar-refractivity contribution in [1.82, 2.24) is 15.1 Å². The van der Waals surface area contributed by atoms with Gasteiger partial charge in [0.05, 0.1) is 12.7 Å². The lowest BCUT2D eigenvalue weighted by atomic mass is 10.3. The third kappa shape index (κ3) is 3.27. The van der Waals surface area contributed by atoms with Gasteiger partial charge in [0.25, 0.3) is 0 Å². The molecule has 1 heterocycles. The predicted molar refractivity (Wildman–Crippen MR) is 57.0 cm³/mol. The molecule has 1 aliphatic rings. The summed E-state index contributed by atoms with van der Waals surface area (Å²) >= 11 is 0. The highest BCUT2D eigenvalue weighted by molar-refractivity contribution is 5.80. The van der Waals surface area contributed by atoms with Crippen LogP contribution in [-0.2, 0) is 4.79 Å². The lowest BCUT2D eigenvalue weighted by molar-refractivity contribution is -0.127. The maximum atomic E-state index is 11.4. The maximum absolute atomic E-state index is 11.4. The first-order chi connectivity index (χ1) is 6.61. The Morgan fingerprint density at radius 2 is 2.21 bits per heavy atom. The molecule has 1 N–H and O–H groups in total. The normalized spacial score (nSPS) is 22.4. The van der Waals surface area contributed by atoms with E-state index in [0.717, 1.165) is 25.9 Å². The molecule has 1 rings (SSSR count). The lowest BCUT2D eigenvalue weighted by Crippen LogP contribution is -2.35. The first kappa shape index (κ1) is 11.5. The molecule has 0 aromatic carbocycles. The van der Waals surface area contributed by atoms with E-state index in [-0.39, 0.29) is 12.1 Å². The minimum absolute atomic E-state index is 0.224. The van der Waals surface area contributed by atoms with Crippen LogP contribution in [0, 0.1) is 0 Å². The van der Waals surface area contributed by atoms with Crippen molar-refractivity contribution in [3.63, 3.8) is 0 Å². The van der Waals surface area contributed by atoms with Gasteiger partial charge < -0.3 is 9.80 Å². The van der Waals surface area contributed by atoms with E-state index in [4.69, 9.17) is 0 Å². The van der Waals surface area contributed by atoms with Crippen molar-refractivity contribution in [2.75, 3.05) is 33.7 Å². The van der Waals surface area contributed by atoms with Gasteiger partial charge in [0, 0.05) is 6.54 Å². The van der Waals surface area contributed by atoms with Crippen LogP contribution in [0.3, 0.4) is 0 Å². The fourth-order valence-corrected chi connectivity index (χ4v) is 1.69. The van der Waals surface area contributed by atoms with Crippen molar-refractivity contribution in [2.45, 2.75) is 25.9 Å². The molecule has 1 fully saturated rings. The Labute approximate surface area is 86.2 Å². The molecule has 1 aliphatic heterocycles. The molecular formula is C10H21N3O. The number of carbonyl (C=O) groups is 1. The van der Waals surface area contributed by atoms with Crippen LogP contribution in [0.2, 0.25) is 0 Å². The average Bonchev–Trinajstić information content (AvgIpc) is 2.42. The van der Waals surface area contributed by atoms with E-state index in [9.17, 15) is 4.79 Å². The number of rotatable bonds is 5. The third-order valence-corrected chi connectivity index (χ3v) is 2.59. The Bertz CT molecular complexity index is 194. The number of carbonyl (C=O) groups excluding carboxylic acids is 1. The summed E-state index contributed by atoms with van der Waals surface area (Å²) in [4.78, 5) is 15.5. The van der Waals surface area contributed by atoms with Crippen LogP contribution >= 0.6 is 0 Å². The molecule has 0 saturated carbocycles. The quantitative estimate of drug-likeness (QED) is 0.638. The molecular weight excluding hydrogens is 178 g/mol. The molecule has 82 valence electrons. The molecule has 1 unspecified atom stereocenters. The van der Waals surface area contributed by atoms with Crippen LogP contribution < -0.4 is 5.32 Å². The standard InChI is InChI=1S/C10H21N3O/c1-9-11-8-10(14)13(9)7-5-4-6-12(2)3/h9,11H,4-8H2,1-3H3. The maximum Gasteiger partial charge on any atom is 0.237 e. The fraction of sp³-hybridized carbons (Fsp3) is 0.900. The monoisotopic (exact) mass is 199 g/mol. The Balaban J connectivity index is 2.14. The smallest absolute Gasteiger partial charge is 0.237 e. The molecule has 0 bridgehead atoms. The van der Waals surface area contributed by atoms with E-state index < -0.39 is 0 Å². The van der Waals surface area contributed by atoms with Gasteiger partial charge in [-0.15, -0.1) is 0 Å². The zero-order valence-electron chi connectivity index (χ0n) is 9.42. The van der Waals surface area contributed by atoms with Gasteiger partial charge in [0.15, 0.2) is 0 Å². The summed E-state index contributed by atoms with van der Waals surface area (Å²) in [5.74, 6) is 0.238. The summed E-state index contributed by atoms with van der Waals surface area (Å²) in [7, 11) is 4.15. The van der Waals surface area contributed by atoms with Crippen LogP contribution in [-0.4, -0.2) is 55.6 Å². The molecule has 0 aliphatic carbocycles. The van der Waals surface area contributed by atoms with Gasteiger partial charge in [-0.05, 0) is 40.4 Å². The SMILES string of the molecule is CC1NCC(=O)N1CCCCN(C)C. The summed E-state index contributed by atoms with van der Waals surface area (Å²) in [6, 6.07) is 0. The minimum Gasteiger partial charge on any atom is -0.326 e. The lowest BCUT2D eigenvalue weighted by Gasteiger charge is -2.21. The molecule has 1 saturated heterocycles. The van der Waals surface area contributed by atoms with Gasteiger partial charge in [-0.3, -0.25) is 10.1 Å². The van der Waals surface area contributed by atoms with Crippen molar-refractivity contribution in [1.29, 1.82) is 0 Å². The van der Waals surface area contributed by atoms with Crippen molar-refractivity contribution in [3.8, 4) is 0 Å². The summed E-state index contributed by atoms with van der Waals surface area (Å²) < 4.78 is 0. The predicted octanol–water partition coefficient (Wildman–Crippen LogP) is 0.106. The van der Waals surface area contributed by atoms with Crippen LogP contribution in [0.15, 0.2) is 0 Å². The van der Waals surface area contributed by atoms with Crippen LogP contribution in [0.4, 0.5) is 0 Å². The van der Waals surface area contributed by atoms with E-state index in [1.165, 1.54) is 0 Å². The zero-order valence-corrected chi connectivity index (χ0v) is 9.42. The molecule has 14 heavy (non-hydrogen) atoms. The minimum atomic E-state index is 0.224. The van der Waals surface area contributed by atoms with E-state index in [2.05, 4.69) is 24.3 Å². The highest BCUT2D eigenvalue weighted by Crippen LogP contribution is 2.06. The second-order valence-corrected chi connectivity index (χ2v) is 4.15. The number of hydrogen-bond acceptors (Lipinski definition) is 3. The Hall–Kier alpha value is -0.610. The molecule has 1 amide bonds. The number of nitrogens with zero attached hydrogens (tertiary/aromatic N) is 2. The van der Waals surface area contributed by atoms with Gasteiger partial charge >= 0.3 is 0 Å². The first-order valence-electron chi connectivity index (χ1n) is 5.29. The van der Waals surface area contributed by atoms with Crippen LogP contribution in [0.1, 0.15) is 19.8 Å². The highest BCUT2D eigenvalue weighted by Gasteiger charge is 2.25. The highest BCUT2D eigenvalue weighted by atomic mass is 16.2. The second-order valence-electron chi connectivity index (χ2n) is 4.15. The van der Waals surface area contributed by atoms with Gasteiger partial charge in [-0.1, -0.05) is 0 Å². The van der Waals surface area contributed by atoms with Crippen LogP contribution in [0.25, 0.3) is 0 Å². The van der Waals surface area contributed by atoms with Crippen molar-refractivity contribution < 1.29 is 4.79 Å². The van der Waals surface area contributed by atoms with Crippen LogP contribution in [0.5, 0.6) is 0 Å². The molecule has 0 aromatic rings. The Morgan fingerprint density at radius 1 is 1.50 bits per heavy atom.